The third-order valence-electron chi connectivity index (χ3n) is 4.68. The molecule has 0 unspecified atom stereocenters. The molecule has 0 aromatic heterocycles. The Labute approximate surface area is 175 Å². The van der Waals surface area contributed by atoms with Crippen LogP contribution in [0.3, 0.4) is 0 Å². The van der Waals surface area contributed by atoms with E-state index < -0.39 is 0 Å². The van der Waals surface area contributed by atoms with E-state index in [4.69, 9.17) is 17.0 Å². The van der Waals surface area contributed by atoms with Gasteiger partial charge in [0.15, 0.2) is 5.11 Å². The highest BCUT2D eigenvalue weighted by Gasteiger charge is 2.13. The van der Waals surface area contributed by atoms with E-state index in [-0.39, 0.29) is 18.3 Å². The first-order valence-corrected chi connectivity index (χ1v) is 9.84. The van der Waals surface area contributed by atoms with E-state index in [0.717, 1.165) is 37.7 Å². The van der Waals surface area contributed by atoms with Crippen LogP contribution >= 0.6 is 12.2 Å². The first kappa shape index (κ1) is 21.0. The number of likely N-dealkylation sites (N-methyl/N-ethyl adjacent to an activating group) is 1. The summed E-state index contributed by atoms with van der Waals surface area (Å²) in [4.78, 5) is 16.2. The van der Waals surface area contributed by atoms with Crippen molar-refractivity contribution in [3.63, 3.8) is 0 Å². The number of benzene rings is 2. The molecule has 0 saturated carbocycles. The minimum atomic E-state index is -0.307. The zero-order valence-electron chi connectivity index (χ0n) is 16.6. The predicted octanol–water partition coefficient (Wildman–Crippen LogP) is 3.24. The van der Waals surface area contributed by atoms with Crippen LogP contribution in [0.4, 0.5) is 21.5 Å². The molecule has 1 heterocycles. The number of aryl methyl sites for hydroxylation is 1. The highest BCUT2D eigenvalue weighted by atomic mass is 32.1. The van der Waals surface area contributed by atoms with Gasteiger partial charge < -0.3 is 25.2 Å². The molecule has 3 rings (SSSR count). The highest BCUT2D eigenvalue weighted by molar-refractivity contribution is 7.80. The zero-order valence-corrected chi connectivity index (χ0v) is 17.4. The zero-order chi connectivity index (χ0) is 20.8. The second-order valence-corrected chi connectivity index (χ2v) is 7.33. The van der Waals surface area contributed by atoms with Crippen LogP contribution in [0.2, 0.25) is 0 Å². The van der Waals surface area contributed by atoms with Crippen LogP contribution in [0.15, 0.2) is 42.5 Å². The smallest absolute Gasteiger partial charge is 0.243 e. The van der Waals surface area contributed by atoms with Crippen molar-refractivity contribution in [2.75, 3.05) is 55.4 Å². The Bertz CT molecular complexity index is 869. The van der Waals surface area contributed by atoms with E-state index in [2.05, 4.69) is 15.5 Å². The molecule has 0 aliphatic carbocycles. The van der Waals surface area contributed by atoms with E-state index in [1.807, 2.05) is 24.3 Å². The monoisotopic (exact) mass is 416 g/mol. The number of carbonyl (C=O) groups excluding carboxylic acids is 1. The fraction of sp³-hybridized carbons (Fsp3) is 0.333. The first-order chi connectivity index (χ1) is 13.9. The second kappa shape index (κ2) is 9.67. The van der Waals surface area contributed by atoms with Crippen LogP contribution in [-0.4, -0.2) is 55.8 Å². The van der Waals surface area contributed by atoms with Gasteiger partial charge in [-0.3, -0.25) is 4.79 Å². The lowest BCUT2D eigenvalue weighted by molar-refractivity contribution is -0.116. The fourth-order valence-corrected chi connectivity index (χ4v) is 3.14. The summed E-state index contributed by atoms with van der Waals surface area (Å²) in [6.07, 6.45) is 0. The Morgan fingerprint density at radius 3 is 2.45 bits per heavy atom. The van der Waals surface area contributed by atoms with Crippen molar-refractivity contribution in [1.82, 2.24) is 4.90 Å². The maximum Gasteiger partial charge on any atom is 0.243 e. The molecular weight excluding hydrogens is 391 g/mol. The molecule has 2 aromatic rings. The molecule has 154 valence electrons. The number of thiocarbonyl (C=S) groups is 1. The number of hydrogen-bond donors (Lipinski definition) is 2. The summed E-state index contributed by atoms with van der Waals surface area (Å²) in [6, 6.07) is 12.5. The SMILES string of the molecule is Cc1ccc(NC(=S)N(C)CC(=O)Nc2ccc(N3CCOCC3)cc2)cc1F. The molecule has 1 fully saturated rings. The summed E-state index contributed by atoms with van der Waals surface area (Å²) >= 11 is 5.30. The van der Waals surface area contributed by atoms with Crippen molar-refractivity contribution in [3.8, 4) is 0 Å². The molecule has 29 heavy (non-hydrogen) atoms. The van der Waals surface area contributed by atoms with Crippen LogP contribution in [0.5, 0.6) is 0 Å². The van der Waals surface area contributed by atoms with Gasteiger partial charge in [-0.2, -0.15) is 0 Å². The van der Waals surface area contributed by atoms with Gasteiger partial charge >= 0.3 is 0 Å². The summed E-state index contributed by atoms with van der Waals surface area (Å²) in [7, 11) is 1.71. The van der Waals surface area contributed by atoms with Gasteiger partial charge in [-0.05, 0) is 61.1 Å². The number of morpholine rings is 1. The summed E-state index contributed by atoms with van der Waals surface area (Å²) in [5.41, 5.74) is 2.94. The van der Waals surface area contributed by atoms with Crippen molar-refractivity contribution >= 4 is 40.3 Å². The number of amides is 1. The van der Waals surface area contributed by atoms with Crippen molar-refractivity contribution < 1.29 is 13.9 Å². The van der Waals surface area contributed by atoms with Crippen molar-refractivity contribution in [2.24, 2.45) is 0 Å². The average Bonchev–Trinajstić information content (AvgIpc) is 2.72. The maximum atomic E-state index is 13.7. The Morgan fingerprint density at radius 2 is 1.79 bits per heavy atom. The molecule has 1 amide bonds. The summed E-state index contributed by atoms with van der Waals surface area (Å²) in [5, 5.41) is 6.15. The quantitative estimate of drug-likeness (QED) is 0.730. The van der Waals surface area contributed by atoms with E-state index in [0.29, 0.717) is 16.4 Å². The minimum Gasteiger partial charge on any atom is -0.378 e. The third-order valence-corrected chi connectivity index (χ3v) is 5.09. The largest absolute Gasteiger partial charge is 0.378 e. The molecule has 6 nitrogen and oxygen atoms in total. The molecule has 0 spiro atoms. The average molecular weight is 417 g/mol. The van der Waals surface area contributed by atoms with Gasteiger partial charge in [0.1, 0.15) is 5.82 Å². The molecule has 8 heteroatoms. The lowest BCUT2D eigenvalue weighted by atomic mass is 10.2. The van der Waals surface area contributed by atoms with Gasteiger partial charge in [-0.1, -0.05) is 6.07 Å². The van der Waals surface area contributed by atoms with Crippen LogP contribution in [-0.2, 0) is 9.53 Å². The van der Waals surface area contributed by atoms with Crippen LogP contribution in [0.1, 0.15) is 5.56 Å². The number of ether oxygens (including phenoxy) is 1. The minimum absolute atomic E-state index is 0.0748. The summed E-state index contributed by atoms with van der Waals surface area (Å²) < 4.78 is 19.0. The van der Waals surface area contributed by atoms with Crippen molar-refractivity contribution in [2.45, 2.75) is 6.92 Å². The first-order valence-electron chi connectivity index (χ1n) is 9.43. The van der Waals surface area contributed by atoms with E-state index in [1.165, 1.54) is 6.07 Å². The molecule has 2 aromatic carbocycles. The van der Waals surface area contributed by atoms with E-state index in [1.54, 1.807) is 31.0 Å². The molecule has 0 bridgehead atoms. The summed E-state index contributed by atoms with van der Waals surface area (Å²) in [6.45, 7) is 4.96. The maximum absolute atomic E-state index is 13.7. The number of nitrogens with one attached hydrogen (secondary N) is 2. The highest BCUT2D eigenvalue weighted by Crippen LogP contribution is 2.19. The summed E-state index contributed by atoms with van der Waals surface area (Å²) in [5.74, 6) is -0.496. The Balaban J connectivity index is 1.50. The van der Waals surface area contributed by atoms with E-state index >= 15 is 0 Å². The van der Waals surface area contributed by atoms with Crippen LogP contribution < -0.4 is 15.5 Å². The fourth-order valence-electron chi connectivity index (χ4n) is 2.95. The van der Waals surface area contributed by atoms with Crippen LogP contribution in [0, 0.1) is 12.7 Å². The van der Waals surface area contributed by atoms with Crippen LogP contribution in [0.25, 0.3) is 0 Å². The van der Waals surface area contributed by atoms with Gasteiger partial charge in [0.25, 0.3) is 0 Å². The normalized spacial score (nSPS) is 13.7. The molecular formula is C21H25FN4O2S. The molecule has 2 N–H and O–H groups in total. The van der Waals surface area contributed by atoms with Crippen molar-refractivity contribution in [3.05, 3.63) is 53.8 Å². The number of hydrogen-bond acceptors (Lipinski definition) is 4. The number of nitrogens with zero attached hydrogens (tertiary/aromatic N) is 2. The Hall–Kier alpha value is -2.71. The molecule has 0 radical (unpaired) electrons. The Morgan fingerprint density at radius 1 is 1.14 bits per heavy atom. The lowest BCUT2D eigenvalue weighted by Crippen LogP contribution is -2.37. The predicted molar refractivity (Wildman–Crippen MR) is 118 cm³/mol. The molecule has 1 saturated heterocycles. The van der Waals surface area contributed by atoms with Gasteiger partial charge in [0.2, 0.25) is 5.91 Å². The Kier molecular flexibility index (Phi) is 7.00. The second-order valence-electron chi connectivity index (χ2n) is 6.94. The number of rotatable bonds is 5. The lowest BCUT2D eigenvalue weighted by Gasteiger charge is -2.29. The topological polar surface area (TPSA) is 56.8 Å². The van der Waals surface area contributed by atoms with Crippen molar-refractivity contribution in [1.29, 1.82) is 0 Å². The van der Waals surface area contributed by atoms with Gasteiger partial charge in [0.05, 0.1) is 19.8 Å². The number of halogens is 1. The molecule has 0 atom stereocenters. The molecule has 1 aliphatic rings. The number of anilines is 3. The third kappa shape index (κ3) is 5.88. The van der Waals surface area contributed by atoms with Gasteiger partial charge in [-0.25, -0.2) is 4.39 Å². The number of carbonyl (C=O) groups is 1. The molecule has 1 aliphatic heterocycles. The van der Waals surface area contributed by atoms with Gasteiger partial charge in [-0.15, -0.1) is 0 Å². The standard InChI is InChI=1S/C21H25FN4O2S/c1-15-3-4-17(13-19(15)22)24-21(29)25(2)14-20(27)23-16-5-7-18(8-6-16)26-9-11-28-12-10-26/h3-8,13H,9-12,14H2,1-2H3,(H,23,27)(H,24,29). The van der Waals surface area contributed by atoms with E-state index in [9.17, 15) is 9.18 Å². The van der Waals surface area contributed by atoms with Gasteiger partial charge in [0, 0.05) is 37.2 Å².